The number of hydrogen-bond acceptors (Lipinski definition) is 7. The second kappa shape index (κ2) is 10.1. The van der Waals surface area contributed by atoms with Crippen molar-refractivity contribution in [3.05, 3.63) is 71.7 Å². The number of pyridine rings is 1. The van der Waals surface area contributed by atoms with Crippen LogP contribution in [0, 0.1) is 6.92 Å². The minimum absolute atomic E-state index is 0.170. The van der Waals surface area contributed by atoms with Gasteiger partial charge in [-0.05, 0) is 62.2 Å². The molecule has 4 aromatic rings. The predicted molar refractivity (Wildman–Crippen MR) is 128 cm³/mol. The zero-order valence-corrected chi connectivity index (χ0v) is 19.7. The number of amides is 1. The highest BCUT2D eigenvalue weighted by Crippen LogP contribution is 2.32. The summed E-state index contributed by atoms with van der Waals surface area (Å²) in [6, 6.07) is 10.3. The number of hydrogen-bond donors (Lipinski definition) is 2. The lowest BCUT2D eigenvalue weighted by molar-refractivity contribution is -0.186. The van der Waals surface area contributed by atoms with E-state index in [1.165, 1.54) is 6.20 Å². The van der Waals surface area contributed by atoms with E-state index >= 15 is 0 Å². The Morgan fingerprint density at radius 3 is 2.68 bits per heavy atom. The molecule has 1 aliphatic heterocycles. The number of halogens is 3. The molecule has 1 aromatic carbocycles. The summed E-state index contributed by atoms with van der Waals surface area (Å²) in [7, 11) is 0. The molecular weight excluding hydrogens is 489 g/mol. The van der Waals surface area contributed by atoms with Gasteiger partial charge in [0, 0.05) is 36.7 Å². The molecule has 1 unspecified atom stereocenters. The molecule has 9 nitrogen and oxygen atoms in total. The zero-order valence-electron chi connectivity index (χ0n) is 19.7. The highest BCUT2D eigenvalue weighted by molar-refractivity contribution is 5.93. The molecule has 192 valence electrons. The number of ether oxygens (including phenoxy) is 1. The number of benzene rings is 1. The van der Waals surface area contributed by atoms with Crippen molar-refractivity contribution in [2.24, 2.45) is 0 Å². The second-order valence-corrected chi connectivity index (χ2v) is 8.50. The molecule has 37 heavy (non-hydrogen) atoms. The molecule has 0 spiro atoms. The van der Waals surface area contributed by atoms with Gasteiger partial charge in [-0.25, -0.2) is 25.3 Å². The lowest BCUT2D eigenvalue weighted by Crippen LogP contribution is -2.33. The number of imidazole rings is 1. The second-order valence-electron chi connectivity index (χ2n) is 8.50. The minimum Gasteiger partial charge on any atom is -0.350 e. The van der Waals surface area contributed by atoms with Crippen LogP contribution >= 0.6 is 0 Å². The van der Waals surface area contributed by atoms with Crippen molar-refractivity contribution >= 4 is 23.2 Å². The normalized spacial score (nSPS) is 16.1. The maximum Gasteiger partial charge on any atom is 0.416 e. The van der Waals surface area contributed by atoms with Crippen molar-refractivity contribution in [1.82, 2.24) is 24.8 Å². The molecule has 2 N–H and O–H groups in total. The molecular formula is C25H23F3N6O3. The van der Waals surface area contributed by atoms with E-state index in [0.29, 0.717) is 34.9 Å². The van der Waals surface area contributed by atoms with Crippen LogP contribution in [0.5, 0.6) is 0 Å². The summed E-state index contributed by atoms with van der Waals surface area (Å²) in [4.78, 5) is 30.7. The van der Waals surface area contributed by atoms with E-state index in [1.54, 1.807) is 47.9 Å². The van der Waals surface area contributed by atoms with Gasteiger partial charge in [0.1, 0.15) is 5.65 Å². The van der Waals surface area contributed by atoms with Gasteiger partial charge in [0.25, 0.3) is 5.91 Å². The van der Waals surface area contributed by atoms with Crippen LogP contribution in [0.25, 0.3) is 17.0 Å². The van der Waals surface area contributed by atoms with E-state index in [4.69, 9.17) is 9.57 Å². The Labute approximate surface area is 209 Å². The summed E-state index contributed by atoms with van der Waals surface area (Å²) in [5.41, 5.74) is 4.42. The lowest BCUT2D eigenvalue weighted by Gasteiger charge is -2.22. The number of fused-ring (bicyclic) bond motifs is 1. The van der Waals surface area contributed by atoms with Gasteiger partial charge in [0.05, 0.1) is 22.6 Å². The van der Waals surface area contributed by atoms with E-state index < -0.39 is 23.9 Å². The Bertz CT molecular complexity index is 1420. The number of nitrogens with zero attached hydrogens (tertiary/aromatic N) is 4. The third-order valence-corrected chi connectivity index (χ3v) is 5.85. The maximum absolute atomic E-state index is 13.1. The largest absolute Gasteiger partial charge is 0.416 e. The molecule has 1 aliphatic rings. The Morgan fingerprint density at radius 2 is 1.95 bits per heavy atom. The SMILES string of the molecule is Cc1nc2cc(C(F)(F)F)ccn2c1-c1ccnc(Nc2ccc(C(=O)NOC3CCCCO3)cc2)n1. The lowest BCUT2D eigenvalue weighted by atomic mass is 10.2. The number of aromatic nitrogens is 4. The number of alkyl halides is 3. The summed E-state index contributed by atoms with van der Waals surface area (Å²) in [5.74, 6) is -0.121. The summed E-state index contributed by atoms with van der Waals surface area (Å²) in [5, 5.41) is 3.07. The van der Waals surface area contributed by atoms with Crippen LogP contribution in [-0.4, -0.2) is 38.2 Å². The minimum atomic E-state index is -4.46. The van der Waals surface area contributed by atoms with Crippen LogP contribution in [-0.2, 0) is 15.8 Å². The van der Waals surface area contributed by atoms with Gasteiger partial charge in [0.2, 0.25) is 5.95 Å². The molecule has 0 bridgehead atoms. The number of rotatable bonds is 6. The molecule has 1 saturated heterocycles. The van der Waals surface area contributed by atoms with Gasteiger partial charge in [-0.2, -0.15) is 13.2 Å². The number of carbonyl (C=O) groups is 1. The maximum atomic E-state index is 13.1. The fourth-order valence-electron chi connectivity index (χ4n) is 4.01. The third kappa shape index (κ3) is 5.54. The number of anilines is 2. The van der Waals surface area contributed by atoms with Crippen LogP contribution < -0.4 is 10.8 Å². The molecule has 12 heteroatoms. The molecule has 0 saturated carbocycles. The van der Waals surface area contributed by atoms with Gasteiger partial charge in [-0.1, -0.05) is 0 Å². The van der Waals surface area contributed by atoms with E-state index in [9.17, 15) is 18.0 Å². The molecule has 0 radical (unpaired) electrons. The van der Waals surface area contributed by atoms with E-state index in [1.807, 2.05) is 0 Å². The molecule has 1 atom stereocenters. The third-order valence-electron chi connectivity index (χ3n) is 5.85. The number of hydroxylamine groups is 1. The molecule has 0 aliphatic carbocycles. The molecule has 1 fully saturated rings. The van der Waals surface area contributed by atoms with Gasteiger partial charge >= 0.3 is 6.18 Å². The van der Waals surface area contributed by atoms with Crippen LogP contribution in [0.4, 0.5) is 24.8 Å². The molecule has 3 aromatic heterocycles. The van der Waals surface area contributed by atoms with Crippen molar-refractivity contribution in [2.75, 3.05) is 11.9 Å². The smallest absolute Gasteiger partial charge is 0.350 e. The standard InChI is InChI=1S/C25H23F3N6O3/c1-15-22(34-12-10-17(25(26,27)28)14-20(34)30-15)19-9-11-29-24(32-19)31-18-7-5-16(6-8-18)23(35)33-37-21-4-2-3-13-36-21/h5-12,14,21H,2-4,13H2,1H3,(H,33,35)(H,29,31,32). The van der Waals surface area contributed by atoms with Gasteiger partial charge in [-0.15, -0.1) is 0 Å². The fourth-order valence-corrected chi connectivity index (χ4v) is 4.01. The first-order valence-electron chi connectivity index (χ1n) is 11.6. The first kappa shape index (κ1) is 24.7. The monoisotopic (exact) mass is 512 g/mol. The van der Waals surface area contributed by atoms with Gasteiger partial charge < -0.3 is 10.1 Å². The highest BCUT2D eigenvalue weighted by Gasteiger charge is 2.31. The van der Waals surface area contributed by atoms with Crippen LogP contribution in [0.3, 0.4) is 0 Å². The summed E-state index contributed by atoms with van der Waals surface area (Å²) in [6.45, 7) is 2.32. The first-order valence-corrected chi connectivity index (χ1v) is 11.6. The summed E-state index contributed by atoms with van der Waals surface area (Å²) >= 11 is 0. The van der Waals surface area contributed by atoms with Gasteiger partial charge in [0.15, 0.2) is 6.29 Å². The molecule has 4 heterocycles. The van der Waals surface area contributed by atoms with Crippen molar-refractivity contribution in [3.8, 4) is 11.4 Å². The van der Waals surface area contributed by atoms with Crippen LogP contribution in [0.2, 0.25) is 0 Å². The van der Waals surface area contributed by atoms with Crippen molar-refractivity contribution in [1.29, 1.82) is 0 Å². The number of nitrogens with one attached hydrogen (secondary N) is 2. The number of aryl methyl sites for hydroxylation is 1. The average molecular weight is 512 g/mol. The average Bonchev–Trinajstić information content (AvgIpc) is 3.23. The van der Waals surface area contributed by atoms with Gasteiger partial charge in [-0.3, -0.25) is 9.20 Å². The topological polar surface area (TPSA) is 103 Å². The summed E-state index contributed by atoms with van der Waals surface area (Å²) < 4.78 is 46.3. The first-order chi connectivity index (χ1) is 17.8. The summed E-state index contributed by atoms with van der Waals surface area (Å²) in [6.07, 6.45) is 0.672. The van der Waals surface area contributed by atoms with Crippen molar-refractivity contribution in [3.63, 3.8) is 0 Å². The van der Waals surface area contributed by atoms with E-state index in [2.05, 4.69) is 25.7 Å². The Hall–Kier alpha value is -4.03. The van der Waals surface area contributed by atoms with Crippen molar-refractivity contribution in [2.45, 2.75) is 38.7 Å². The quantitative estimate of drug-likeness (QED) is 0.349. The van der Waals surface area contributed by atoms with Crippen molar-refractivity contribution < 1.29 is 27.5 Å². The fraction of sp³-hybridized carbons (Fsp3) is 0.280. The Morgan fingerprint density at radius 1 is 1.14 bits per heavy atom. The van der Waals surface area contributed by atoms with E-state index in [-0.39, 0.29) is 11.6 Å². The van der Waals surface area contributed by atoms with Crippen LogP contribution in [0.15, 0.2) is 54.9 Å². The predicted octanol–water partition coefficient (Wildman–Crippen LogP) is 5.05. The van der Waals surface area contributed by atoms with Crippen LogP contribution in [0.1, 0.15) is 40.9 Å². The molecule has 1 amide bonds. The Kier molecular flexibility index (Phi) is 6.76. The number of carbonyl (C=O) groups excluding carboxylic acids is 1. The Balaban J connectivity index is 1.29. The zero-order chi connectivity index (χ0) is 26.0. The molecule has 5 rings (SSSR count). The highest BCUT2D eigenvalue weighted by atomic mass is 19.4. The van der Waals surface area contributed by atoms with E-state index in [0.717, 1.165) is 31.4 Å².